The molecular weight excluding hydrogens is 456 g/mol. The van der Waals surface area contributed by atoms with Gasteiger partial charge in [0, 0.05) is 49.4 Å². The Bertz CT molecular complexity index is 1330. The monoisotopic (exact) mass is 484 g/mol. The molecule has 1 aliphatic carbocycles. The lowest BCUT2D eigenvalue weighted by molar-refractivity contribution is 0.200. The maximum absolute atomic E-state index is 12.5. The van der Waals surface area contributed by atoms with Crippen molar-refractivity contribution in [2.45, 2.75) is 38.7 Å². The van der Waals surface area contributed by atoms with Crippen molar-refractivity contribution in [3.05, 3.63) is 53.1 Å². The van der Waals surface area contributed by atoms with Crippen molar-refractivity contribution in [2.24, 2.45) is 4.99 Å². The van der Waals surface area contributed by atoms with E-state index in [2.05, 4.69) is 32.6 Å². The van der Waals surface area contributed by atoms with E-state index in [0.717, 1.165) is 42.6 Å². The third-order valence-electron chi connectivity index (χ3n) is 6.45. The SMILES string of the molecule is CC(C)Oc1ccc(-c2nc(-c3cccc4c3CCC4C=NC(=O)N3CCNCC3)no2)cc1C#N. The molecule has 1 fully saturated rings. The third kappa shape index (κ3) is 4.86. The number of hydrogen-bond donors (Lipinski definition) is 1. The zero-order chi connectivity index (χ0) is 25.1. The highest BCUT2D eigenvalue weighted by Crippen LogP contribution is 2.38. The minimum absolute atomic E-state index is 0.0350. The fourth-order valence-corrected chi connectivity index (χ4v) is 4.70. The Kier molecular flexibility index (Phi) is 6.78. The van der Waals surface area contributed by atoms with E-state index in [9.17, 15) is 10.1 Å². The van der Waals surface area contributed by atoms with Gasteiger partial charge in [0.2, 0.25) is 5.82 Å². The minimum Gasteiger partial charge on any atom is -0.490 e. The lowest BCUT2D eigenvalue weighted by atomic mass is 9.99. The van der Waals surface area contributed by atoms with Crippen molar-refractivity contribution < 1.29 is 14.1 Å². The number of carbonyl (C=O) groups is 1. The number of carbonyl (C=O) groups excluding carboxylic acids is 1. The van der Waals surface area contributed by atoms with Gasteiger partial charge in [0.05, 0.1) is 11.7 Å². The molecule has 184 valence electrons. The summed E-state index contributed by atoms with van der Waals surface area (Å²) >= 11 is 0. The quantitative estimate of drug-likeness (QED) is 0.540. The van der Waals surface area contributed by atoms with Crippen LogP contribution in [0.5, 0.6) is 5.75 Å². The van der Waals surface area contributed by atoms with Gasteiger partial charge in [-0.2, -0.15) is 10.2 Å². The van der Waals surface area contributed by atoms with Gasteiger partial charge in [-0.25, -0.2) is 9.79 Å². The van der Waals surface area contributed by atoms with Crippen molar-refractivity contribution in [3.63, 3.8) is 0 Å². The first-order valence-corrected chi connectivity index (χ1v) is 12.2. The number of nitrogens with one attached hydrogen (secondary N) is 1. The molecule has 2 amide bonds. The molecule has 3 aromatic rings. The fourth-order valence-electron chi connectivity index (χ4n) is 4.70. The number of amides is 2. The number of rotatable bonds is 5. The van der Waals surface area contributed by atoms with Crippen LogP contribution in [-0.2, 0) is 6.42 Å². The summed E-state index contributed by atoms with van der Waals surface area (Å²) in [4.78, 5) is 23.1. The fraction of sp³-hybridized carbons (Fsp3) is 0.370. The van der Waals surface area contributed by atoms with Crippen molar-refractivity contribution in [1.29, 1.82) is 5.26 Å². The molecule has 1 unspecified atom stereocenters. The highest BCUT2D eigenvalue weighted by Gasteiger charge is 2.26. The summed E-state index contributed by atoms with van der Waals surface area (Å²) in [6, 6.07) is 13.3. The highest BCUT2D eigenvalue weighted by atomic mass is 16.5. The van der Waals surface area contributed by atoms with E-state index in [4.69, 9.17) is 9.26 Å². The molecule has 1 aliphatic heterocycles. The molecule has 1 atom stereocenters. The summed E-state index contributed by atoms with van der Waals surface area (Å²) in [5.74, 6) is 1.44. The molecule has 0 bridgehead atoms. The van der Waals surface area contributed by atoms with E-state index in [-0.39, 0.29) is 18.1 Å². The van der Waals surface area contributed by atoms with Gasteiger partial charge >= 0.3 is 6.03 Å². The van der Waals surface area contributed by atoms with Gasteiger partial charge < -0.3 is 19.5 Å². The van der Waals surface area contributed by atoms with Crippen LogP contribution < -0.4 is 10.1 Å². The Labute approximate surface area is 209 Å². The molecule has 1 saturated heterocycles. The van der Waals surface area contributed by atoms with Crippen molar-refractivity contribution in [2.75, 3.05) is 26.2 Å². The normalized spacial score (nSPS) is 17.4. The van der Waals surface area contributed by atoms with Gasteiger partial charge in [-0.1, -0.05) is 23.4 Å². The Hall–Kier alpha value is -4.03. The predicted molar refractivity (Wildman–Crippen MR) is 135 cm³/mol. The number of aliphatic imine (C=N–C) groups is 1. The molecule has 9 nitrogen and oxygen atoms in total. The van der Waals surface area contributed by atoms with Gasteiger partial charge in [-0.15, -0.1) is 0 Å². The van der Waals surface area contributed by atoms with Crippen LogP contribution in [0.4, 0.5) is 4.79 Å². The minimum atomic E-state index is -0.175. The van der Waals surface area contributed by atoms with Crippen LogP contribution in [0.1, 0.15) is 42.9 Å². The van der Waals surface area contributed by atoms with E-state index in [1.165, 1.54) is 0 Å². The van der Waals surface area contributed by atoms with Crippen molar-refractivity contribution in [1.82, 2.24) is 20.4 Å². The number of piperazine rings is 1. The van der Waals surface area contributed by atoms with Gasteiger partial charge in [-0.05, 0) is 56.0 Å². The van der Waals surface area contributed by atoms with Crippen LogP contribution >= 0.6 is 0 Å². The largest absolute Gasteiger partial charge is 0.490 e. The second kappa shape index (κ2) is 10.3. The molecule has 9 heteroatoms. The molecule has 2 heterocycles. The third-order valence-corrected chi connectivity index (χ3v) is 6.45. The molecule has 2 aliphatic rings. The summed E-state index contributed by atoms with van der Waals surface area (Å²) in [6.45, 7) is 6.81. The van der Waals surface area contributed by atoms with Crippen molar-refractivity contribution >= 4 is 12.2 Å². The second-order valence-corrected chi connectivity index (χ2v) is 9.23. The van der Waals surface area contributed by atoms with E-state index in [1.807, 2.05) is 32.0 Å². The number of fused-ring (bicyclic) bond motifs is 1. The summed E-state index contributed by atoms with van der Waals surface area (Å²) < 4.78 is 11.3. The van der Waals surface area contributed by atoms with Crippen LogP contribution in [0, 0.1) is 11.3 Å². The Balaban J connectivity index is 1.36. The number of benzene rings is 2. The maximum Gasteiger partial charge on any atom is 0.343 e. The highest BCUT2D eigenvalue weighted by molar-refractivity contribution is 5.87. The first-order valence-electron chi connectivity index (χ1n) is 12.2. The van der Waals surface area contributed by atoms with E-state index < -0.39 is 0 Å². The summed E-state index contributed by atoms with van der Waals surface area (Å²) in [7, 11) is 0. The van der Waals surface area contributed by atoms with E-state index >= 15 is 0 Å². The number of ether oxygens (including phenoxy) is 1. The maximum atomic E-state index is 12.5. The van der Waals surface area contributed by atoms with Crippen LogP contribution in [-0.4, -0.2) is 59.6 Å². The average molecular weight is 485 g/mol. The van der Waals surface area contributed by atoms with E-state index in [0.29, 0.717) is 41.7 Å². The number of nitriles is 1. The number of nitrogens with zero attached hydrogens (tertiary/aromatic N) is 5. The summed E-state index contributed by atoms with van der Waals surface area (Å²) in [6.07, 6.45) is 3.46. The molecule has 1 aromatic heterocycles. The van der Waals surface area contributed by atoms with Crippen LogP contribution in [0.3, 0.4) is 0 Å². The van der Waals surface area contributed by atoms with Gasteiger partial charge in [-0.3, -0.25) is 0 Å². The standard InChI is InChI=1S/C27H28N6O3/c1-17(2)35-24-9-7-18(14-20(24)15-28)26-31-25(32-36-26)23-5-3-4-21-19(6-8-22(21)23)16-30-27(34)33-12-10-29-11-13-33/h3-5,7,9,14,16-17,19,29H,6,8,10-13H2,1-2H3. The zero-order valence-electron chi connectivity index (χ0n) is 20.4. The zero-order valence-corrected chi connectivity index (χ0v) is 20.4. The molecule has 0 radical (unpaired) electrons. The Morgan fingerprint density at radius 3 is 2.92 bits per heavy atom. The predicted octanol–water partition coefficient (Wildman–Crippen LogP) is 4.19. The summed E-state index contributed by atoms with van der Waals surface area (Å²) in [5, 5.41) is 17.0. The Morgan fingerprint density at radius 2 is 2.14 bits per heavy atom. The molecule has 2 aromatic carbocycles. The topological polar surface area (TPSA) is 117 Å². The smallest absolute Gasteiger partial charge is 0.343 e. The lowest BCUT2D eigenvalue weighted by Crippen LogP contribution is -2.45. The van der Waals surface area contributed by atoms with Crippen molar-refractivity contribution in [3.8, 4) is 34.7 Å². The molecule has 36 heavy (non-hydrogen) atoms. The molecule has 1 N–H and O–H groups in total. The van der Waals surface area contributed by atoms with Gasteiger partial charge in [0.1, 0.15) is 11.8 Å². The van der Waals surface area contributed by atoms with Crippen LogP contribution in [0.15, 0.2) is 45.9 Å². The van der Waals surface area contributed by atoms with Crippen LogP contribution in [0.25, 0.3) is 22.8 Å². The average Bonchev–Trinajstić information content (AvgIpc) is 3.55. The van der Waals surface area contributed by atoms with Gasteiger partial charge in [0.25, 0.3) is 5.89 Å². The van der Waals surface area contributed by atoms with E-state index in [1.54, 1.807) is 23.2 Å². The second-order valence-electron chi connectivity index (χ2n) is 9.23. The first-order chi connectivity index (χ1) is 17.5. The summed E-state index contributed by atoms with van der Waals surface area (Å²) in [5.41, 5.74) is 4.27. The lowest BCUT2D eigenvalue weighted by Gasteiger charge is -2.25. The Morgan fingerprint density at radius 1 is 1.31 bits per heavy atom. The number of urea groups is 1. The molecular formula is C27H28N6O3. The van der Waals surface area contributed by atoms with Gasteiger partial charge in [0.15, 0.2) is 0 Å². The number of aromatic nitrogens is 2. The van der Waals surface area contributed by atoms with Crippen LogP contribution in [0.2, 0.25) is 0 Å². The first kappa shape index (κ1) is 23.7. The molecule has 0 spiro atoms. The number of hydrogen-bond acceptors (Lipinski definition) is 7. The molecule has 0 saturated carbocycles. The molecule has 5 rings (SSSR count).